The predicted molar refractivity (Wildman–Crippen MR) is 121 cm³/mol. The van der Waals surface area contributed by atoms with Crippen molar-refractivity contribution in [1.82, 2.24) is 15.0 Å². The second-order valence-electron chi connectivity index (χ2n) is 8.71. The summed E-state index contributed by atoms with van der Waals surface area (Å²) in [7, 11) is 0. The Kier molecular flexibility index (Phi) is 5.20. The number of benzene rings is 2. The molecule has 1 aliphatic rings. The molecular formula is C24H21F4N5O. The molecule has 0 spiro atoms. The van der Waals surface area contributed by atoms with Crippen LogP contribution in [0.3, 0.4) is 0 Å². The Hall–Kier alpha value is -3.66. The third-order valence-corrected chi connectivity index (χ3v) is 5.84. The number of hydrogen-bond acceptors (Lipinski definition) is 5. The molecule has 2 aromatic carbocycles. The molecule has 0 amide bonds. The molecule has 1 aliphatic heterocycles. The first kappa shape index (κ1) is 22.1. The van der Waals surface area contributed by atoms with Crippen LogP contribution in [0.2, 0.25) is 0 Å². The predicted octanol–water partition coefficient (Wildman–Crippen LogP) is 5.26. The fourth-order valence-electron chi connectivity index (χ4n) is 4.34. The van der Waals surface area contributed by atoms with Crippen LogP contribution < -0.4 is 15.4 Å². The van der Waals surface area contributed by atoms with Crippen LogP contribution >= 0.6 is 0 Å². The highest BCUT2D eigenvalue weighted by Crippen LogP contribution is 2.42. The van der Waals surface area contributed by atoms with E-state index in [0.717, 1.165) is 6.42 Å². The molecule has 0 saturated carbocycles. The molecule has 176 valence electrons. The Bertz CT molecular complexity index is 1370. The van der Waals surface area contributed by atoms with Crippen LogP contribution in [0.25, 0.3) is 33.5 Å². The van der Waals surface area contributed by atoms with Gasteiger partial charge < -0.3 is 20.4 Å². The van der Waals surface area contributed by atoms with Crippen molar-refractivity contribution in [2.75, 3.05) is 18.0 Å². The minimum Gasteiger partial charge on any atom is -0.406 e. The van der Waals surface area contributed by atoms with E-state index in [2.05, 4.69) is 24.6 Å². The molecule has 1 fully saturated rings. The highest BCUT2D eigenvalue weighted by molar-refractivity contribution is 5.91. The number of nitrogens with one attached hydrogen (secondary N) is 1. The number of imidazole rings is 1. The van der Waals surface area contributed by atoms with E-state index in [4.69, 9.17) is 5.73 Å². The lowest BCUT2D eigenvalue weighted by atomic mass is 10.0. The number of anilines is 1. The first-order valence-corrected chi connectivity index (χ1v) is 10.6. The third kappa shape index (κ3) is 4.28. The summed E-state index contributed by atoms with van der Waals surface area (Å²) in [6.07, 6.45) is -0.895. The van der Waals surface area contributed by atoms with Crippen molar-refractivity contribution in [2.24, 2.45) is 5.73 Å². The zero-order valence-corrected chi connectivity index (χ0v) is 18.2. The maximum atomic E-state index is 14.3. The Labute approximate surface area is 192 Å². The van der Waals surface area contributed by atoms with E-state index in [1.54, 1.807) is 30.6 Å². The van der Waals surface area contributed by atoms with E-state index in [-0.39, 0.29) is 11.3 Å². The molecule has 0 bridgehead atoms. The van der Waals surface area contributed by atoms with Gasteiger partial charge in [0.05, 0.1) is 16.8 Å². The van der Waals surface area contributed by atoms with Crippen LogP contribution in [0, 0.1) is 5.82 Å². The van der Waals surface area contributed by atoms with Crippen molar-refractivity contribution in [2.45, 2.75) is 25.2 Å². The van der Waals surface area contributed by atoms with Gasteiger partial charge in [0.1, 0.15) is 17.1 Å². The van der Waals surface area contributed by atoms with Crippen LogP contribution in [0.1, 0.15) is 13.3 Å². The highest BCUT2D eigenvalue weighted by Gasteiger charge is 2.34. The number of para-hydroxylation sites is 1. The summed E-state index contributed by atoms with van der Waals surface area (Å²) < 4.78 is 56.8. The third-order valence-electron chi connectivity index (χ3n) is 5.84. The summed E-state index contributed by atoms with van der Waals surface area (Å²) in [6, 6.07) is 10.4. The van der Waals surface area contributed by atoms with E-state index in [9.17, 15) is 17.6 Å². The average molecular weight is 471 g/mol. The van der Waals surface area contributed by atoms with Gasteiger partial charge >= 0.3 is 6.36 Å². The molecule has 3 heterocycles. The highest BCUT2D eigenvalue weighted by atomic mass is 19.4. The quantitative estimate of drug-likeness (QED) is 0.397. The van der Waals surface area contributed by atoms with Crippen molar-refractivity contribution >= 4 is 16.7 Å². The molecule has 0 aliphatic carbocycles. The average Bonchev–Trinajstić information content (AvgIpc) is 3.36. The van der Waals surface area contributed by atoms with Crippen molar-refractivity contribution in [3.63, 3.8) is 0 Å². The zero-order chi connectivity index (χ0) is 24.1. The topological polar surface area (TPSA) is 80.1 Å². The Balaban J connectivity index is 1.69. The lowest BCUT2D eigenvalue weighted by Crippen LogP contribution is -2.39. The maximum Gasteiger partial charge on any atom is 0.573 e. The monoisotopic (exact) mass is 471 g/mol. The molecule has 34 heavy (non-hydrogen) atoms. The zero-order valence-electron chi connectivity index (χ0n) is 18.2. The molecular weight excluding hydrogens is 450 g/mol. The number of aromatic amines is 1. The van der Waals surface area contributed by atoms with Crippen molar-refractivity contribution in [3.05, 3.63) is 60.7 Å². The van der Waals surface area contributed by atoms with Gasteiger partial charge in [0.25, 0.3) is 0 Å². The van der Waals surface area contributed by atoms with E-state index < -0.39 is 17.7 Å². The normalized spacial score (nSPS) is 18.6. The lowest BCUT2D eigenvalue weighted by molar-refractivity contribution is -0.274. The van der Waals surface area contributed by atoms with Crippen LogP contribution in [0.15, 0.2) is 54.9 Å². The molecule has 5 rings (SSSR count). The van der Waals surface area contributed by atoms with Gasteiger partial charge in [-0.2, -0.15) is 0 Å². The van der Waals surface area contributed by atoms with Gasteiger partial charge in [-0.1, -0.05) is 18.2 Å². The fraction of sp³-hybridized carbons (Fsp3) is 0.250. The number of aromatic nitrogens is 3. The number of ether oxygens (including phenoxy) is 1. The summed E-state index contributed by atoms with van der Waals surface area (Å²) in [4.78, 5) is 14.0. The van der Waals surface area contributed by atoms with E-state index in [1.807, 2.05) is 6.92 Å². The van der Waals surface area contributed by atoms with Crippen LogP contribution in [-0.2, 0) is 0 Å². The summed E-state index contributed by atoms with van der Waals surface area (Å²) in [5.41, 5.74) is 9.02. The number of nitrogens with zero attached hydrogens (tertiary/aromatic N) is 3. The molecule has 0 radical (unpaired) electrons. The van der Waals surface area contributed by atoms with Gasteiger partial charge in [0.15, 0.2) is 5.82 Å². The number of H-pyrrole nitrogens is 1. The van der Waals surface area contributed by atoms with Gasteiger partial charge in [-0.15, -0.1) is 13.2 Å². The standard InChI is InChI=1S/C24H21F4N5O/c1-23(29)8-9-33(13-23)21-16(14-4-2-5-15(10-14)34-24(26,27)28)11-30-12-17(21)22-31-19-7-3-6-18(25)20(19)32-22/h2-7,10-12H,8-9,13,29H2,1H3,(H,31,32). The lowest BCUT2D eigenvalue weighted by Gasteiger charge is -2.26. The van der Waals surface area contributed by atoms with Gasteiger partial charge in [-0.3, -0.25) is 4.98 Å². The number of fused-ring (bicyclic) bond motifs is 1. The molecule has 10 heteroatoms. The van der Waals surface area contributed by atoms with E-state index in [0.29, 0.717) is 46.8 Å². The smallest absolute Gasteiger partial charge is 0.406 e. The van der Waals surface area contributed by atoms with Gasteiger partial charge in [0.2, 0.25) is 0 Å². The van der Waals surface area contributed by atoms with E-state index in [1.165, 1.54) is 24.3 Å². The summed E-state index contributed by atoms with van der Waals surface area (Å²) in [5.74, 6) is -0.395. The van der Waals surface area contributed by atoms with Crippen LogP contribution in [0.4, 0.5) is 23.2 Å². The van der Waals surface area contributed by atoms with Crippen molar-refractivity contribution in [3.8, 4) is 28.3 Å². The number of alkyl halides is 3. The summed E-state index contributed by atoms with van der Waals surface area (Å²) >= 11 is 0. The molecule has 3 N–H and O–H groups in total. The first-order chi connectivity index (χ1) is 16.1. The largest absolute Gasteiger partial charge is 0.573 e. The number of halogens is 4. The Morgan fingerprint density at radius 3 is 2.59 bits per heavy atom. The second kappa shape index (κ2) is 7.98. The Morgan fingerprint density at radius 2 is 1.88 bits per heavy atom. The molecule has 6 nitrogen and oxygen atoms in total. The summed E-state index contributed by atoms with van der Waals surface area (Å²) in [6.45, 7) is 3.09. The summed E-state index contributed by atoms with van der Waals surface area (Å²) in [5, 5.41) is 0. The SMILES string of the molecule is CC1(N)CCN(c2c(-c3cccc(OC(F)(F)F)c3)cncc2-c2nc3c(F)cccc3[nH]2)C1. The van der Waals surface area contributed by atoms with Crippen LogP contribution in [0.5, 0.6) is 5.75 Å². The molecule has 1 atom stereocenters. The van der Waals surface area contributed by atoms with Crippen LogP contribution in [-0.4, -0.2) is 39.9 Å². The number of nitrogens with two attached hydrogens (primary N) is 1. The van der Waals surface area contributed by atoms with Gasteiger partial charge in [-0.05, 0) is 43.2 Å². The molecule has 1 saturated heterocycles. The molecule has 2 aromatic heterocycles. The second-order valence-corrected chi connectivity index (χ2v) is 8.71. The maximum absolute atomic E-state index is 14.3. The number of hydrogen-bond donors (Lipinski definition) is 2. The van der Waals surface area contributed by atoms with Gasteiger partial charge in [0, 0.05) is 36.6 Å². The number of pyridine rings is 1. The minimum absolute atomic E-state index is 0.194. The number of rotatable bonds is 4. The fourth-order valence-corrected chi connectivity index (χ4v) is 4.34. The Morgan fingerprint density at radius 1 is 1.12 bits per heavy atom. The van der Waals surface area contributed by atoms with Gasteiger partial charge in [-0.25, -0.2) is 9.37 Å². The minimum atomic E-state index is -4.81. The molecule has 1 unspecified atom stereocenters. The van der Waals surface area contributed by atoms with E-state index >= 15 is 0 Å². The van der Waals surface area contributed by atoms with Crippen molar-refractivity contribution < 1.29 is 22.3 Å². The van der Waals surface area contributed by atoms with Crippen molar-refractivity contribution in [1.29, 1.82) is 0 Å². The molecule has 4 aromatic rings. The first-order valence-electron chi connectivity index (χ1n) is 10.6.